The number of halogens is 1. The quantitative estimate of drug-likeness (QED) is 0.828. The first kappa shape index (κ1) is 17.0. The molecule has 1 aromatic rings. The Morgan fingerprint density at radius 1 is 1.33 bits per heavy atom. The minimum atomic E-state index is -0.589. The molecule has 1 aliphatic heterocycles. The lowest BCUT2D eigenvalue weighted by molar-refractivity contribution is -0.122. The average molecular weight is 352 g/mol. The Balaban J connectivity index is 1.77. The van der Waals surface area contributed by atoms with Crippen LogP contribution < -0.4 is 5.32 Å². The molecule has 130 valence electrons. The zero-order valence-corrected chi connectivity index (χ0v) is 14.8. The molecule has 7 heteroatoms. The molecule has 0 spiro atoms. The maximum absolute atomic E-state index is 12.8. The zero-order chi connectivity index (χ0) is 17.5. The van der Waals surface area contributed by atoms with Gasteiger partial charge < -0.3 is 10.1 Å². The van der Waals surface area contributed by atoms with Gasteiger partial charge in [0.15, 0.2) is 0 Å². The Bertz CT molecular complexity index is 659. The molecule has 2 fully saturated rings. The summed E-state index contributed by atoms with van der Waals surface area (Å²) in [6, 6.07) is 4.60. The summed E-state index contributed by atoms with van der Waals surface area (Å²) < 4.78 is 5.49. The number of ether oxygens (including phenoxy) is 1. The first-order chi connectivity index (χ1) is 11.2. The summed E-state index contributed by atoms with van der Waals surface area (Å²) in [6.45, 7) is 5.47. The average Bonchev–Trinajstić information content (AvgIpc) is 3.05. The topological polar surface area (TPSA) is 71.5 Å². The van der Waals surface area contributed by atoms with E-state index in [1.165, 1.54) is 0 Å². The van der Waals surface area contributed by atoms with Crippen LogP contribution in [-0.4, -0.2) is 39.6 Å². The lowest BCUT2D eigenvalue weighted by Crippen LogP contribution is -2.52. The summed E-state index contributed by atoms with van der Waals surface area (Å²) in [7, 11) is 0. The van der Waals surface area contributed by atoms with Crippen molar-refractivity contribution in [1.82, 2.24) is 9.88 Å². The van der Waals surface area contributed by atoms with E-state index in [0.717, 1.165) is 19.3 Å². The molecule has 3 atom stereocenters. The lowest BCUT2D eigenvalue weighted by Gasteiger charge is -2.35. The number of nitrogens with zero attached hydrogens (tertiary/aromatic N) is 2. The Labute approximate surface area is 146 Å². The van der Waals surface area contributed by atoms with Crippen molar-refractivity contribution in [3.05, 3.63) is 23.4 Å². The minimum absolute atomic E-state index is 0.0768. The summed E-state index contributed by atoms with van der Waals surface area (Å²) in [5.74, 6) is 0.323. The number of piperidine rings is 1. The van der Waals surface area contributed by atoms with Crippen LogP contribution >= 0.6 is 11.6 Å². The van der Waals surface area contributed by atoms with E-state index in [2.05, 4.69) is 10.3 Å². The fourth-order valence-electron chi connectivity index (χ4n) is 3.58. The number of pyridine rings is 1. The maximum atomic E-state index is 12.8. The number of fused-ring (bicyclic) bond motifs is 2. The third-order valence-corrected chi connectivity index (χ3v) is 4.63. The number of likely N-dealkylation sites (tertiary alicyclic amines) is 1. The van der Waals surface area contributed by atoms with Gasteiger partial charge in [-0.1, -0.05) is 17.7 Å². The maximum Gasteiger partial charge on any atom is 0.411 e. The van der Waals surface area contributed by atoms with Crippen molar-refractivity contribution in [2.75, 3.05) is 5.32 Å². The normalized spacial score (nSPS) is 25.7. The van der Waals surface area contributed by atoms with Gasteiger partial charge in [0.2, 0.25) is 5.91 Å². The fourth-order valence-corrected chi connectivity index (χ4v) is 3.74. The lowest BCUT2D eigenvalue weighted by atomic mass is 9.98. The molecule has 0 aromatic carbocycles. The van der Waals surface area contributed by atoms with E-state index in [9.17, 15) is 9.59 Å². The van der Waals surface area contributed by atoms with Crippen LogP contribution in [0.25, 0.3) is 0 Å². The van der Waals surface area contributed by atoms with Crippen LogP contribution in [0.3, 0.4) is 0 Å². The zero-order valence-electron chi connectivity index (χ0n) is 14.1. The van der Waals surface area contributed by atoms with E-state index in [4.69, 9.17) is 16.3 Å². The number of hydrogen-bond acceptors (Lipinski definition) is 4. The smallest absolute Gasteiger partial charge is 0.411 e. The molecule has 1 saturated carbocycles. The van der Waals surface area contributed by atoms with Gasteiger partial charge in [-0.15, -0.1) is 0 Å². The van der Waals surface area contributed by atoms with Crippen molar-refractivity contribution in [3.8, 4) is 0 Å². The number of carbonyl (C=O) groups is 2. The monoisotopic (exact) mass is 351 g/mol. The van der Waals surface area contributed by atoms with Gasteiger partial charge in [-0.2, -0.15) is 0 Å². The van der Waals surface area contributed by atoms with Crippen molar-refractivity contribution in [2.45, 2.75) is 57.7 Å². The van der Waals surface area contributed by atoms with Crippen molar-refractivity contribution in [1.29, 1.82) is 0 Å². The van der Waals surface area contributed by atoms with Gasteiger partial charge in [0.1, 0.15) is 22.6 Å². The second kappa shape index (κ2) is 6.24. The fraction of sp³-hybridized carbons (Fsp3) is 0.588. The molecule has 2 heterocycles. The van der Waals surface area contributed by atoms with E-state index in [-0.39, 0.29) is 17.9 Å². The van der Waals surface area contributed by atoms with Crippen molar-refractivity contribution < 1.29 is 14.3 Å². The van der Waals surface area contributed by atoms with Crippen LogP contribution in [0, 0.1) is 5.92 Å². The molecule has 0 radical (unpaired) electrons. The third kappa shape index (κ3) is 3.48. The predicted molar refractivity (Wildman–Crippen MR) is 90.9 cm³/mol. The van der Waals surface area contributed by atoms with Crippen LogP contribution in [0.2, 0.25) is 5.15 Å². The van der Waals surface area contributed by atoms with Crippen molar-refractivity contribution in [2.24, 2.45) is 5.92 Å². The highest BCUT2D eigenvalue weighted by molar-refractivity contribution is 6.29. The summed E-state index contributed by atoms with van der Waals surface area (Å²) in [4.78, 5) is 31.0. The Kier molecular flexibility index (Phi) is 4.42. The molecule has 1 saturated heterocycles. The second-order valence-corrected chi connectivity index (χ2v) is 7.78. The molecule has 2 amide bonds. The molecule has 6 nitrogen and oxygen atoms in total. The molecule has 1 aliphatic carbocycles. The number of nitrogens with one attached hydrogen (secondary N) is 1. The molecule has 3 rings (SSSR count). The Morgan fingerprint density at radius 3 is 2.75 bits per heavy atom. The van der Waals surface area contributed by atoms with E-state index in [0.29, 0.717) is 11.0 Å². The van der Waals surface area contributed by atoms with Gasteiger partial charge in [-0.3, -0.25) is 9.69 Å². The van der Waals surface area contributed by atoms with Gasteiger partial charge in [0.05, 0.1) is 0 Å². The summed E-state index contributed by atoms with van der Waals surface area (Å²) in [5, 5.41) is 3.08. The number of aromatic nitrogens is 1. The molecule has 2 bridgehead atoms. The predicted octanol–water partition coefficient (Wildman–Crippen LogP) is 3.46. The molecular weight excluding hydrogens is 330 g/mol. The van der Waals surface area contributed by atoms with E-state index >= 15 is 0 Å². The summed E-state index contributed by atoms with van der Waals surface area (Å²) in [5.41, 5.74) is -0.589. The number of carbonyl (C=O) groups excluding carboxylic acids is 2. The first-order valence-electron chi connectivity index (χ1n) is 8.19. The van der Waals surface area contributed by atoms with Gasteiger partial charge in [0.25, 0.3) is 0 Å². The minimum Gasteiger partial charge on any atom is -0.444 e. The summed E-state index contributed by atoms with van der Waals surface area (Å²) in [6.07, 6.45) is 2.29. The molecule has 0 unspecified atom stereocenters. The van der Waals surface area contributed by atoms with Crippen LogP contribution in [0.4, 0.5) is 10.6 Å². The largest absolute Gasteiger partial charge is 0.444 e. The van der Waals surface area contributed by atoms with Crippen molar-refractivity contribution in [3.63, 3.8) is 0 Å². The number of rotatable bonds is 2. The highest BCUT2D eigenvalue weighted by atomic mass is 35.5. The van der Waals surface area contributed by atoms with Crippen LogP contribution in [0.5, 0.6) is 0 Å². The standard InChI is InChI=1S/C17H22ClN3O3/c1-17(2,3)24-16(23)21-11-8-7-10(9-11)14(21)15(22)20-13-6-4-5-12(18)19-13/h4-6,10-11,14H,7-9H2,1-3H3,(H,19,20,22)/t10-,11-,14-/m0/s1. The van der Waals surface area contributed by atoms with E-state index in [1.54, 1.807) is 23.1 Å². The molecular formula is C17H22ClN3O3. The number of amides is 2. The molecule has 24 heavy (non-hydrogen) atoms. The number of anilines is 1. The van der Waals surface area contributed by atoms with Gasteiger partial charge in [-0.25, -0.2) is 9.78 Å². The van der Waals surface area contributed by atoms with E-state index in [1.807, 2.05) is 20.8 Å². The van der Waals surface area contributed by atoms with Crippen LogP contribution in [-0.2, 0) is 9.53 Å². The van der Waals surface area contributed by atoms with Crippen molar-refractivity contribution >= 4 is 29.4 Å². The Hall–Kier alpha value is -1.82. The molecule has 1 N–H and O–H groups in total. The van der Waals surface area contributed by atoms with Gasteiger partial charge in [-0.05, 0) is 58.1 Å². The van der Waals surface area contributed by atoms with Crippen LogP contribution in [0.1, 0.15) is 40.0 Å². The molecule has 1 aromatic heterocycles. The second-order valence-electron chi connectivity index (χ2n) is 7.39. The molecule has 2 aliphatic rings. The van der Waals surface area contributed by atoms with Crippen LogP contribution in [0.15, 0.2) is 18.2 Å². The SMILES string of the molecule is CC(C)(C)OC(=O)N1[C@H]2CC[C@@H](C2)[C@H]1C(=O)Nc1cccc(Cl)n1. The first-order valence-corrected chi connectivity index (χ1v) is 8.57. The van der Waals surface area contributed by atoms with E-state index < -0.39 is 17.7 Å². The third-order valence-electron chi connectivity index (χ3n) is 4.42. The van der Waals surface area contributed by atoms with Gasteiger partial charge >= 0.3 is 6.09 Å². The Morgan fingerprint density at radius 2 is 2.08 bits per heavy atom. The highest BCUT2D eigenvalue weighted by Crippen LogP contribution is 2.43. The summed E-state index contributed by atoms with van der Waals surface area (Å²) >= 11 is 5.86. The number of hydrogen-bond donors (Lipinski definition) is 1. The highest BCUT2D eigenvalue weighted by Gasteiger charge is 2.52. The van der Waals surface area contributed by atoms with Gasteiger partial charge in [0, 0.05) is 6.04 Å².